The minimum atomic E-state index is -0.916. The lowest BCUT2D eigenvalue weighted by Gasteiger charge is -2.11. The lowest BCUT2D eigenvalue weighted by Crippen LogP contribution is -2.05. The molecule has 0 aliphatic rings. The SMILES string of the molecule is Cc1cc(C)c([N+](=O)[O-])cc1NCc1cccc(F)c1F. The summed E-state index contributed by atoms with van der Waals surface area (Å²) >= 11 is 0. The van der Waals surface area contributed by atoms with Crippen molar-refractivity contribution in [3.63, 3.8) is 0 Å². The molecule has 0 amide bonds. The van der Waals surface area contributed by atoms with Crippen LogP contribution in [0.4, 0.5) is 20.2 Å². The van der Waals surface area contributed by atoms with Crippen LogP contribution in [0.15, 0.2) is 30.3 Å². The van der Waals surface area contributed by atoms with E-state index in [-0.39, 0.29) is 17.8 Å². The summed E-state index contributed by atoms with van der Waals surface area (Å²) in [7, 11) is 0. The van der Waals surface area contributed by atoms with E-state index in [1.54, 1.807) is 19.9 Å². The van der Waals surface area contributed by atoms with Crippen molar-refractivity contribution in [1.29, 1.82) is 0 Å². The van der Waals surface area contributed by atoms with Crippen LogP contribution in [0.3, 0.4) is 0 Å². The molecule has 0 aliphatic carbocycles. The van der Waals surface area contributed by atoms with Gasteiger partial charge in [0.15, 0.2) is 11.6 Å². The van der Waals surface area contributed by atoms with Crippen LogP contribution in [0.25, 0.3) is 0 Å². The van der Waals surface area contributed by atoms with E-state index in [0.29, 0.717) is 11.3 Å². The van der Waals surface area contributed by atoms with Gasteiger partial charge in [-0.1, -0.05) is 12.1 Å². The zero-order chi connectivity index (χ0) is 15.6. The zero-order valence-corrected chi connectivity index (χ0v) is 11.6. The Kier molecular flexibility index (Phi) is 4.16. The highest BCUT2D eigenvalue weighted by Crippen LogP contribution is 2.27. The van der Waals surface area contributed by atoms with Crippen molar-refractivity contribution in [2.75, 3.05) is 5.32 Å². The summed E-state index contributed by atoms with van der Waals surface area (Å²) in [4.78, 5) is 10.5. The smallest absolute Gasteiger partial charge is 0.274 e. The first-order valence-electron chi connectivity index (χ1n) is 6.32. The van der Waals surface area contributed by atoms with E-state index in [1.165, 1.54) is 18.2 Å². The first-order valence-corrected chi connectivity index (χ1v) is 6.32. The molecule has 0 heterocycles. The van der Waals surface area contributed by atoms with Gasteiger partial charge < -0.3 is 5.32 Å². The fraction of sp³-hybridized carbons (Fsp3) is 0.200. The molecule has 0 unspecified atom stereocenters. The molecule has 0 radical (unpaired) electrons. The number of benzene rings is 2. The predicted octanol–water partition coefficient (Wildman–Crippen LogP) is 4.10. The monoisotopic (exact) mass is 292 g/mol. The van der Waals surface area contributed by atoms with Gasteiger partial charge in [0.25, 0.3) is 5.69 Å². The Morgan fingerprint density at radius 2 is 1.90 bits per heavy atom. The third-order valence-electron chi connectivity index (χ3n) is 3.24. The molecular weight excluding hydrogens is 278 g/mol. The fourth-order valence-corrected chi connectivity index (χ4v) is 2.10. The van der Waals surface area contributed by atoms with Crippen LogP contribution in [0.5, 0.6) is 0 Å². The number of anilines is 1. The summed E-state index contributed by atoms with van der Waals surface area (Å²) in [5.74, 6) is -1.83. The number of nitrogens with one attached hydrogen (secondary N) is 1. The number of nitro benzene ring substituents is 1. The lowest BCUT2D eigenvalue weighted by molar-refractivity contribution is -0.385. The van der Waals surface area contributed by atoms with E-state index in [9.17, 15) is 18.9 Å². The first-order chi connectivity index (χ1) is 9.90. The number of aryl methyl sites for hydroxylation is 2. The number of hydrogen-bond donors (Lipinski definition) is 1. The maximum Gasteiger partial charge on any atom is 0.274 e. The van der Waals surface area contributed by atoms with Gasteiger partial charge in [0.05, 0.1) is 4.92 Å². The molecule has 0 atom stereocenters. The molecule has 2 rings (SSSR count). The van der Waals surface area contributed by atoms with Gasteiger partial charge in [0.2, 0.25) is 0 Å². The molecular formula is C15H14F2N2O2. The molecule has 0 fully saturated rings. The van der Waals surface area contributed by atoms with Crippen molar-refractivity contribution in [3.8, 4) is 0 Å². The minimum absolute atomic E-state index is 0.0113. The maximum atomic E-state index is 13.6. The molecule has 2 aromatic rings. The number of nitrogens with zero attached hydrogens (tertiary/aromatic N) is 1. The van der Waals surface area contributed by atoms with Crippen LogP contribution in [0.1, 0.15) is 16.7 Å². The molecule has 0 bridgehead atoms. The Morgan fingerprint density at radius 1 is 1.19 bits per heavy atom. The summed E-state index contributed by atoms with van der Waals surface area (Å²) in [5, 5.41) is 13.8. The Balaban J connectivity index is 2.26. The van der Waals surface area contributed by atoms with Gasteiger partial charge in [0.1, 0.15) is 0 Å². The van der Waals surface area contributed by atoms with Crippen LogP contribution in [-0.2, 0) is 6.54 Å². The van der Waals surface area contributed by atoms with E-state index >= 15 is 0 Å². The first kappa shape index (κ1) is 14.9. The van der Waals surface area contributed by atoms with Crippen LogP contribution < -0.4 is 5.32 Å². The highest BCUT2D eigenvalue weighted by Gasteiger charge is 2.14. The summed E-state index contributed by atoms with van der Waals surface area (Å²) < 4.78 is 26.7. The number of halogens is 2. The van der Waals surface area contributed by atoms with Crippen molar-refractivity contribution >= 4 is 11.4 Å². The summed E-state index contributed by atoms with van der Waals surface area (Å²) in [6.45, 7) is 3.49. The van der Waals surface area contributed by atoms with Crippen LogP contribution in [0.2, 0.25) is 0 Å². The molecule has 21 heavy (non-hydrogen) atoms. The third kappa shape index (κ3) is 3.16. The molecule has 0 aromatic heterocycles. The van der Waals surface area contributed by atoms with Gasteiger partial charge in [-0.15, -0.1) is 0 Å². The number of nitro groups is 1. The Hall–Kier alpha value is -2.50. The Morgan fingerprint density at radius 3 is 2.57 bits per heavy atom. The maximum absolute atomic E-state index is 13.6. The second kappa shape index (κ2) is 5.87. The highest BCUT2D eigenvalue weighted by molar-refractivity contribution is 5.60. The van der Waals surface area contributed by atoms with Crippen molar-refractivity contribution in [1.82, 2.24) is 0 Å². The quantitative estimate of drug-likeness (QED) is 0.681. The van der Waals surface area contributed by atoms with Crippen LogP contribution in [-0.4, -0.2) is 4.92 Å². The average Bonchev–Trinajstić information content (AvgIpc) is 2.41. The zero-order valence-electron chi connectivity index (χ0n) is 11.6. The van der Waals surface area contributed by atoms with Crippen molar-refractivity contribution < 1.29 is 13.7 Å². The largest absolute Gasteiger partial charge is 0.380 e. The van der Waals surface area contributed by atoms with E-state index < -0.39 is 16.6 Å². The third-order valence-corrected chi connectivity index (χ3v) is 3.24. The second-order valence-corrected chi connectivity index (χ2v) is 4.78. The molecule has 4 nitrogen and oxygen atoms in total. The van der Waals surface area contributed by atoms with Gasteiger partial charge in [-0.25, -0.2) is 8.78 Å². The normalized spacial score (nSPS) is 10.5. The highest BCUT2D eigenvalue weighted by atomic mass is 19.2. The lowest BCUT2D eigenvalue weighted by atomic mass is 10.1. The molecule has 2 aromatic carbocycles. The summed E-state index contributed by atoms with van der Waals surface area (Å²) in [6.07, 6.45) is 0. The van der Waals surface area contributed by atoms with Gasteiger partial charge in [-0.05, 0) is 31.5 Å². The Labute approximate surface area is 120 Å². The molecule has 0 saturated heterocycles. The molecule has 0 spiro atoms. The summed E-state index contributed by atoms with van der Waals surface area (Å²) in [5.41, 5.74) is 2.03. The second-order valence-electron chi connectivity index (χ2n) is 4.78. The van der Waals surface area contributed by atoms with Crippen LogP contribution >= 0.6 is 0 Å². The molecule has 0 aliphatic heterocycles. The van der Waals surface area contributed by atoms with Crippen LogP contribution in [0, 0.1) is 35.6 Å². The van der Waals surface area contributed by atoms with E-state index in [4.69, 9.17) is 0 Å². The van der Waals surface area contributed by atoms with Gasteiger partial charge in [0, 0.05) is 29.4 Å². The molecule has 110 valence electrons. The van der Waals surface area contributed by atoms with Crippen molar-refractivity contribution in [2.24, 2.45) is 0 Å². The Bertz CT molecular complexity index is 702. The predicted molar refractivity (Wildman–Crippen MR) is 76.3 cm³/mol. The van der Waals surface area contributed by atoms with Crippen molar-refractivity contribution in [2.45, 2.75) is 20.4 Å². The topological polar surface area (TPSA) is 55.2 Å². The molecule has 0 saturated carbocycles. The molecule has 6 heteroatoms. The van der Waals surface area contributed by atoms with Gasteiger partial charge in [-0.2, -0.15) is 0 Å². The van der Waals surface area contributed by atoms with Crippen molar-refractivity contribution in [3.05, 3.63) is 68.8 Å². The fourth-order valence-electron chi connectivity index (χ4n) is 2.10. The number of hydrogen-bond acceptors (Lipinski definition) is 3. The van der Waals surface area contributed by atoms with Gasteiger partial charge in [-0.3, -0.25) is 10.1 Å². The van der Waals surface area contributed by atoms with Gasteiger partial charge >= 0.3 is 0 Å². The summed E-state index contributed by atoms with van der Waals surface area (Å²) in [6, 6.07) is 7.01. The van der Waals surface area contributed by atoms with E-state index in [2.05, 4.69) is 5.32 Å². The minimum Gasteiger partial charge on any atom is -0.380 e. The van der Waals surface area contributed by atoms with E-state index in [1.807, 2.05) is 0 Å². The standard InChI is InChI=1S/C15H14F2N2O2/c1-9-6-10(2)14(19(20)21)7-13(9)18-8-11-4-3-5-12(16)15(11)17/h3-7,18H,8H2,1-2H3. The molecule has 1 N–H and O–H groups in total. The van der Waals surface area contributed by atoms with E-state index in [0.717, 1.165) is 11.6 Å². The number of rotatable bonds is 4. The average molecular weight is 292 g/mol.